The second kappa shape index (κ2) is 5.38. The molecule has 0 saturated carbocycles. The molecular weight excluding hydrogens is 258 g/mol. The summed E-state index contributed by atoms with van der Waals surface area (Å²) < 4.78 is 0. The van der Waals surface area contributed by atoms with Crippen LogP contribution in [0.4, 0.5) is 11.5 Å². The van der Waals surface area contributed by atoms with E-state index < -0.39 is 4.92 Å². The molecule has 104 valence electrons. The van der Waals surface area contributed by atoms with E-state index in [1.165, 1.54) is 24.9 Å². The van der Waals surface area contributed by atoms with Gasteiger partial charge in [-0.25, -0.2) is 15.0 Å². The molecule has 7 heteroatoms. The summed E-state index contributed by atoms with van der Waals surface area (Å²) in [4.78, 5) is 18.8. The Kier molecular flexibility index (Phi) is 3.42. The van der Waals surface area contributed by atoms with Crippen LogP contribution in [0.2, 0.25) is 0 Å². The van der Waals surface area contributed by atoms with Crippen LogP contribution in [0.15, 0.2) is 24.5 Å². The maximum atomic E-state index is 10.9. The SMILES string of the molecule is O=[N+]([O-])c1ccc2ncnc(NN3CCCCC3)c2c1. The number of benzene rings is 1. The molecule has 20 heavy (non-hydrogen) atoms. The number of fused-ring (bicyclic) bond motifs is 1. The van der Waals surface area contributed by atoms with Crippen LogP contribution in [0.5, 0.6) is 0 Å². The molecule has 0 spiro atoms. The number of hydrogen-bond donors (Lipinski definition) is 1. The van der Waals surface area contributed by atoms with Crippen molar-refractivity contribution >= 4 is 22.4 Å². The van der Waals surface area contributed by atoms with Crippen LogP contribution in [0.25, 0.3) is 10.9 Å². The average Bonchev–Trinajstić information content (AvgIpc) is 2.48. The minimum atomic E-state index is -0.406. The van der Waals surface area contributed by atoms with Crippen molar-refractivity contribution in [3.63, 3.8) is 0 Å². The normalized spacial score (nSPS) is 16.2. The van der Waals surface area contributed by atoms with Crippen LogP contribution in [0.1, 0.15) is 19.3 Å². The number of non-ortho nitro benzene ring substituents is 1. The van der Waals surface area contributed by atoms with E-state index in [2.05, 4.69) is 20.4 Å². The van der Waals surface area contributed by atoms with Gasteiger partial charge in [-0.2, -0.15) is 0 Å². The van der Waals surface area contributed by atoms with E-state index in [-0.39, 0.29) is 5.69 Å². The van der Waals surface area contributed by atoms with Crippen molar-refractivity contribution < 1.29 is 4.92 Å². The smallest absolute Gasteiger partial charge is 0.270 e. The van der Waals surface area contributed by atoms with Crippen LogP contribution in [-0.4, -0.2) is 33.0 Å². The number of nitrogens with one attached hydrogen (secondary N) is 1. The van der Waals surface area contributed by atoms with Gasteiger partial charge in [-0.05, 0) is 18.9 Å². The third-order valence-electron chi connectivity index (χ3n) is 3.45. The van der Waals surface area contributed by atoms with Gasteiger partial charge in [0.2, 0.25) is 0 Å². The van der Waals surface area contributed by atoms with E-state index in [4.69, 9.17) is 0 Å². The number of hydrazine groups is 1. The van der Waals surface area contributed by atoms with Gasteiger partial charge in [0, 0.05) is 25.2 Å². The lowest BCUT2D eigenvalue weighted by molar-refractivity contribution is -0.384. The maximum Gasteiger partial charge on any atom is 0.270 e. The lowest BCUT2D eigenvalue weighted by atomic mass is 10.2. The van der Waals surface area contributed by atoms with Gasteiger partial charge in [0.25, 0.3) is 5.69 Å². The van der Waals surface area contributed by atoms with Crippen LogP contribution in [-0.2, 0) is 0 Å². The van der Waals surface area contributed by atoms with Gasteiger partial charge in [-0.1, -0.05) is 6.42 Å². The molecule has 1 aliphatic heterocycles. The Labute approximate surface area is 115 Å². The van der Waals surface area contributed by atoms with Gasteiger partial charge in [-0.15, -0.1) is 0 Å². The van der Waals surface area contributed by atoms with E-state index in [9.17, 15) is 10.1 Å². The van der Waals surface area contributed by atoms with Crippen molar-refractivity contribution in [2.45, 2.75) is 19.3 Å². The molecule has 1 N–H and O–H groups in total. The predicted octanol–water partition coefficient (Wildman–Crippen LogP) is 2.35. The number of nitrogens with zero attached hydrogens (tertiary/aromatic N) is 4. The van der Waals surface area contributed by atoms with Gasteiger partial charge in [0.1, 0.15) is 6.33 Å². The molecule has 0 atom stereocenters. The highest BCUT2D eigenvalue weighted by atomic mass is 16.6. The molecule has 2 aromatic rings. The zero-order valence-corrected chi connectivity index (χ0v) is 11.0. The Morgan fingerprint density at radius 3 is 2.75 bits per heavy atom. The Hall–Kier alpha value is -2.28. The van der Waals surface area contributed by atoms with Crippen molar-refractivity contribution in [2.75, 3.05) is 18.5 Å². The van der Waals surface area contributed by atoms with E-state index in [1.807, 2.05) is 0 Å². The first-order chi connectivity index (χ1) is 9.74. The Bertz CT molecular complexity index is 640. The number of aromatic nitrogens is 2. The summed E-state index contributed by atoms with van der Waals surface area (Å²) in [5, 5.41) is 13.7. The highest BCUT2D eigenvalue weighted by Crippen LogP contribution is 2.25. The summed E-state index contributed by atoms with van der Waals surface area (Å²) in [6.07, 6.45) is 5.01. The fraction of sp³-hybridized carbons (Fsp3) is 0.385. The van der Waals surface area contributed by atoms with Crippen molar-refractivity contribution in [3.8, 4) is 0 Å². The second-order valence-electron chi connectivity index (χ2n) is 4.84. The van der Waals surface area contributed by atoms with Crippen LogP contribution < -0.4 is 5.43 Å². The summed E-state index contributed by atoms with van der Waals surface area (Å²) in [5.74, 6) is 0.626. The first-order valence-corrected chi connectivity index (χ1v) is 6.65. The summed E-state index contributed by atoms with van der Waals surface area (Å²) in [7, 11) is 0. The first kappa shape index (κ1) is 12.7. The van der Waals surface area contributed by atoms with Crippen LogP contribution in [0, 0.1) is 10.1 Å². The van der Waals surface area contributed by atoms with E-state index >= 15 is 0 Å². The molecule has 1 aromatic heterocycles. The van der Waals surface area contributed by atoms with Crippen LogP contribution >= 0.6 is 0 Å². The molecule has 0 radical (unpaired) electrons. The quantitative estimate of drug-likeness (QED) is 0.682. The second-order valence-corrected chi connectivity index (χ2v) is 4.84. The van der Waals surface area contributed by atoms with E-state index in [0.717, 1.165) is 25.9 Å². The van der Waals surface area contributed by atoms with Crippen molar-refractivity contribution in [3.05, 3.63) is 34.6 Å². The third kappa shape index (κ3) is 2.53. The highest BCUT2D eigenvalue weighted by Gasteiger charge is 2.14. The Balaban J connectivity index is 1.96. The molecule has 0 bridgehead atoms. The molecule has 1 aromatic carbocycles. The molecule has 0 unspecified atom stereocenters. The summed E-state index contributed by atoms with van der Waals surface area (Å²) in [6.45, 7) is 1.92. The van der Waals surface area contributed by atoms with Gasteiger partial charge in [0.15, 0.2) is 5.82 Å². The molecule has 0 aliphatic carbocycles. The number of anilines is 1. The summed E-state index contributed by atoms with van der Waals surface area (Å²) in [6, 6.07) is 4.62. The standard InChI is InChI=1S/C13H15N5O2/c19-18(20)10-4-5-12-11(8-10)13(15-9-14-12)16-17-6-2-1-3-7-17/h4-5,8-9H,1-3,6-7H2,(H,14,15,16). The Morgan fingerprint density at radius 2 is 2.00 bits per heavy atom. The molecule has 1 fully saturated rings. The average molecular weight is 273 g/mol. The monoisotopic (exact) mass is 273 g/mol. The zero-order valence-electron chi connectivity index (χ0n) is 11.0. The fourth-order valence-electron chi connectivity index (χ4n) is 2.40. The topological polar surface area (TPSA) is 84.2 Å². The highest BCUT2D eigenvalue weighted by molar-refractivity contribution is 5.90. The van der Waals surface area contributed by atoms with Gasteiger partial charge in [-0.3, -0.25) is 10.1 Å². The molecule has 1 saturated heterocycles. The summed E-state index contributed by atoms with van der Waals surface area (Å²) in [5.41, 5.74) is 4.00. The lowest BCUT2D eigenvalue weighted by Gasteiger charge is -2.27. The minimum absolute atomic E-state index is 0.0500. The molecule has 2 heterocycles. The van der Waals surface area contributed by atoms with Crippen molar-refractivity contribution in [1.29, 1.82) is 0 Å². The van der Waals surface area contributed by atoms with Crippen molar-refractivity contribution in [2.24, 2.45) is 0 Å². The third-order valence-corrected chi connectivity index (χ3v) is 3.45. The zero-order chi connectivity index (χ0) is 13.9. The largest absolute Gasteiger partial charge is 0.302 e. The number of rotatable bonds is 3. The number of nitro benzene ring substituents is 1. The maximum absolute atomic E-state index is 10.9. The van der Waals surface area contributed by atoms with Gasteiger partial charge in [0.05, 0.1) is 15.8 Å². The molecule has 7 nitrogen and oxygen atoms in total. The van der Waals surface area contributed by atoms with E-state index in [0.29, 0.717) is 16.7 Å². The number of hydrogen-bond acceptors (Lipinski definition) is 6. The van der Waals surface area contributed by atoms with Crippen molar-refractivity contribution in [1.82, 2.24) is 15.0 Å². The molecule has 0 amide bonds. The fourth-order valence-corrected chi connectivity index (χ4v) is 2.40. The van der Waals surface area contributed by atoms with E-state index in [1.54, 1.807) is 6.07 Å². The Morgan fingerprint density at radius 1 is 1.20 bits per heavy atom. The predicted molar refractivity (Wildman–Crippen MR) is 75.2 cm³/mol. The number of piperidine rings is 1. The van der Waals surface area contributed by atoms with Gasteiger partial charge >= 0.3 is 0 Å². The minimum Gasteiger partial charge on any atom is -0.302 e. The van der Waals surface area contributed by atoms with Gasteiger partial charge < -0.3 is 5.43 Å². The first-order valence-electron chi connectivity index (χ1n) is 6.65. The molecule has 1 aliphatic rings. The molecule has 3 rings (SSSR count). The molecular formula is C13H15N5O2. The summed E-state index contributed by atoms with van der Waals surface area (Å²) >= 11 is 0. The lowest BCUT2D eigenvalue weighted by Crippen LogP contribution is -2.35. The number of nitro groups is 1. The van der Waals surface area contributed by atoms with Crippen LogP contribution in [0.3, 0.4) is 0 Å².